The fraction of sp³-hybridized carbons (Fsp3) is 0.300. The Kier molecular flexibility index (Phi) is 3.14. The lowest BCUT2D eigenvalue weighted by atomic mass is 9.98. The molecule has 1 aromatic rings. The maximum absolute atomic E-state index is 9.62. The van der Waals surface area contributed by atoms with Crippen LogP contribution in [0.4, 0.5) is 11.4 Å². The van der Waals surface area contributed by atoms with Crippen molar-refractivity contribution in [3.05, 3.63) is 23.3 Å². The lowest BCUT2D eigenvalue weighted by Gasteiger charge is -2.16. The van der Waals surface area contributed by atoms with E-state index in [1.165, 1.54) is 6.07 Å². The summed E-state index contributed by atoms with van der Waals surface area (Å²) in [4.78, 5) is 0. The molecule has 0 saturated carbocycles. The summed E-state index contributed by atoms with van der Waals surface area (Å²) in [6.07, 6.45) is -2.73. The molecule has 5 heteroatoms. The van der Waals surface area contributed by atoms with Gasteiger partial charge in [0.25, 0.3) is 0 Å². The minimum absolute atomic E-state index is 0.319. The molecule has 15 heavy (non-hydrogen) atoms. The first-order chi connectivity index (χ1) is 6.97. The molecule has 0 radical (unpaired) electrons. The van der Waals surface area contributed by atoms with Crippen molar-refractivity contribution >= 4 is 11.4 Å². The molecule has 1 rings (SSSR count). The number of anilines is 2. The van der Waals surface area contributed by atoms with Gasteiger partial charge in [-0.2, -0.15) is 5.26 Å². The third kappa shape index (κ3) is 2.18. The zero-order chi connectivity index (χ0) is 11.6. The summed E-state index contributed by atoms with van der Waals surface area (Å²) in [7, 11) is 0. The molecule has 2 atom stereocenters. The highest BCUT2D eigenvalue weighted by Crippen LogP contribution is 2.26. The van der Waals surface area contributed by atoms with E-state index in [1.807, 2.05) is 0 Å². The minimum Gasteiger partial charge on any atom is -0.397 e. The number of nitriles is 1. The summed E-state index contributed by atoms with van der Waals surface area (Å²) in [5.74, 6) is 0. The average molecular weight is 207 g/mol. The van der Waals surface area contributed by atoms with Crippen LogP contribution in [0.25, 0.3) is 0 Å². The van der Waals surface area contributed by atoms with Gasteiger partial charge in [-0.05, 0) is 30.2 Å². The smallest absolute Gasteiger partial charge is 0.170 e. The highest BCUT2D eigenvalue weighted by molar-refractivity contribution is 5.66. The molecular weight excluding hydrogens is 194 g/mol. The van der Waals surface area contributed by atoms with E-state index in [1.54, 1.807) is 19.1 Å². The number of nitrogen functional groups attached to an aromatic ring is 2. The zero-order valence-electron chi connectivity index (χ0n) is 8.31. The Morgan fingerprint density at radius 2 is 1.80 bits per heavy atom. The lowest BCUT2D eigenvalue weighted by molar-refractivity contribution is 0.0524. The number of benzene rings is 1. The molecule has 0 aliphatic carbocycles. The number of aryl methyl sites for hydroxylation is 1. The summed E-state index contributed by atoms with van der Waals surface area (Å²) < 4.78 is 0. The summed E-state index contributed by atoms with van der Waals surface area (Å²) in [5, 5.41) is 27.3. The van der Waals surface area contributed by atoms with Crippen LogP contribution in [0.3, 0.4) is 0 Å². The monoisotopic (exact) mass is 207 g/mol. The van der Waals surface area contributed by atoms with Crippen LogP contribution in [0.2, 0.25) is 0 Å². The molecule has 5 nitrogen and oxygen atoms in total. The van der Waals surface area contributed by atoms with E-state index in [0.717, 1.165) is 0 Å². The normalized spacial score (nSPS) is 14.3. The van der Waals surface area contributed by atoms with Crippen molar-refractivity contribution in [1.82, 2.24) is 0 Å². The fourth-order valence-electron chi connectivity index (χ4n) is 1.32. The Labute approximate surface area is 87.6 Å². The molecule has 1 aromatic carbocycles. The van der Waals surface area contributed by atoms with E-state index in [9.17, 15) is 10.2 Å². The second-order valence-electron chi connectivity index (χ2n) is 3.36. The molecule has 0 amide bonds. The Morgan fingerprint density at radius 1 is 1.27 bits per heavy atom. The molecule has 0 bridgehead atoms. The summed E-state index contributed by atoms with van der Waals surface area (Å²) in [5.41, 5.74) is 13.0. The molecule has 2 unspecified atom stereocenters. The van der Waals surface area contributed by atoms with Crippen molar-refractivity contribution in [2.75, 3.05) is 11.5 Å². The maximum atomic E-state index is 9.62. The number of rotatable bonds is 2. The van der Waals surface area contributed by atoms with Gasteiger partial charge < -0.3 is 21.7 Å². The number of hydrogen-bond donors (Lipinski definition) is 4. The standard InChI is InChI=1S/C10H13N3O2/c1-5-2-7(12)8(13)3-6(5)10(15)9(14)4-11/h2-3,9-10,14-15H,12-13H2,1H3. The van der Waals surface area contributed by atoms with Gasteiger partial charge in [-0.3, -0.25) is 0 Å². The molecule has 0 spiro atoms. The molecule has 0 aliphatic heterocycles. The van der Waals surface area contributed by atoms with Gasteiger partial charge in [-0.1, -0.05) is 0 Å². The third-order valence-corrected chi connectivity index (χ3v) is 2.22. The zero-order valence-corrected chi connectivity index (χ0v) is 8.31. The average Bonchev–Trinajstić information content (AvgIpc) is 2.21. The van der Waals surface area contributed by atoms with Gasteiger partial charge in [-0.15, -0.1) is 0 Å². The maximum Gasteiger partial charge on any atom is 0.170 e. The highest BCUT2D eigenvalue weighted by Gasteiger charge is 2.20. The van der Waals surface area contributed by atoms with Crippen molar-refractivity contribution in [1.29, 1.82) is 5.26 Å². The van der Waals surface area contributed by atoms with Crippen molar-refractivity contribution in [2.45, 2.75) is 19.1 Å². The van der Waals surface area contributed by atoms with Crippen LogP contribution in [0, 0.1) is 18.3 Å². The predicted molar refractivity (Wildman–Crippen MR) is 56.6 cm³/mol. The van der Waals surface area contributed by atoms with Gasteiger partial charge in [0.15, 0.2) is 6.10 Å². The molecule has 0 aliphatic rings. The Balaban J connectivity index is 3.16. The first-order valence-corrected chi connectivity index (χ1v) is 4.38. The Bertz CT molecular complexity index is 412. The quantitative estimate of drug-likeness (QED) is 0.404. The van der Waals surface area contributed by atoms with Gasteiger partial charge >= 0.3 is 0 Å². The van der Waals surface area contributed by atoms with Gasteiger partial charge in [0.1, 0.15) is 6.10 Å². The van der Waals surface area contributed by atoms with Crippen LogP contribution in [-0.4, -0.2) is 16.3 Å². The van der Waals surface area contributed by atoms with Gasteiger partial charge in [-0.25, -0.2) is 0 Å². The van der Waals surface area contributed by atoms with Crippen LogP contribution in [0.15, 0.2) is 12.1 Å². The van der Waals surface area contributed by atoms with Crippen LogP contribution in [0.1, 0.15) is 17.2 Å². The van der Waals surface area contributed by atoms with Gasteiger partial charge in [0, 0.05) is 0 Å². The van der Waals surface area contributed by atoms with E-state index in [2.05, 4.69) is 0 Å². The van der Waals surface area contributed by atoms with E-state index >= 15 is 0 Å². The number of nitrogens with two attached hydrogens (primary N) is 2. The topological polar surface area (TPSA) is 116 Å². The predicted octanol–water partition coefficient (Wildman–Crippen LogP) is 0.0773. The lowest BCUT2D eigenvalue weighted by Crippen LogP contribution is -2.17. The van der Waals surface area contributed by atoms with Crippen LogP contribution < -0.4 is 11.5 Å². The molecular formula is C10H13N3O2. The van der Waals surface area contributed by atoms with Gasteiger partial charge in [0.05, 0.1) is 17.4 Å². The first kappa shape index (κ1) is 11.3. The van der Waals surface area contributed by atoms with Crippen molar-refractivity contribution in [2.24, 2.45) is 0 Å². The summed E-state index contributed by atoms with van der Waals surface area (Å²) in [6.45, 7) is 1.72. The van der Waals surface area contributed by atoms with E-state index in [4.69, 9.17) is 16.7 Å². The number of hydrogen-bond acceptors (Lipinski definition) is 5. The number of aliphatic hydroxyl groups is 2. The van der Waals surface area contributed by atoms with Crippen LogP contribution >= 0.6 is 0 Å². The van der Waals surface area contributed by atoms with Crippen LogP contribution in [0.5, 0.6) is 0 Å². The minimum atomic E-state index is -1.47. The van der Waals surface area contributed by atoms with E-state index in [0.29, 0.717) is 22.5 Å². The van der Waals surface area contributed by atoms with Gasteiger partial charge in [0.2, 0.25) is 0 Å². The largest absolute Gasteiger partial charge is 0.397 e. The van der Waals surface area contributed by atoms with Crippen LogP contribution in [-0.2, 0) is 0 Å². The molecule has 6 N–H and O–H groups in total. The molecule has 0 heterocycles. The number of nitrogens with zero attached hydrogens (tertiary/aromatic N) is 1. The number of aliphatic hydroxyl groups excluding tert-OH is 2. The first-order valence-electron chi connectivity index (χ1n) is 4.38. The molecule has 0 fully saturated rings. The van der Waals surface area contributed by atoms with E-state index < -0.39 is 12.2 Å². The third-order valence-electron chi connectivity index (χ3n) is 2.22. The highest BCUT2D eigenvalue weighted by atomic mass is 16.3. The second kappa shape index (κ2) is 4.17. The SMILES string of the molecule is Cc1cc(N)c(N)cc1C(O)C(O)C#N. The summed E-state index contributed by atoms with van der Waals surface area (Å²) in [6, 6.07) is 4.62. The molecule has 0 saturated heterocycles. The van der Waals surface area contributed by atoms with Crippen molar-refractivity contribution < 1.29 is 10.2 Å². The second-order valence-corrected chi connectivity index (χ2v) is 3.36. The molecule has 0 aromatic heterocycles. The fourth-order valence-corrected chi connectivity index (χ4v) is 1.32. The summed E-state index contributed by atoms with van der Waals surface area (Å²) >= 11 is 0. The Hall–Kier alpha value is -1.77. The molecule has 80 valence electrons. The van der Waals surface area contributed by atoms with Crippen molar-refractivity contribution in [3.63, 3.8) is 0 Å². The van der Waals surface area contributed by atoms with Crippen molar-refractivity contribution in [3.8, 4) is 6.07 Å². The van der Waals surface area contributed by atoms with E-state index in [-0.39, 0.29) is 0 Å². The Morgan fingerprint density at radius 3 is 2.33 bits per heavy atom.